The largest absolute Gasteiger partial charge is 0.487 e. The molecule has 0 aliphatic heterocycles. The molecule has 24 heavy (non-hydrogen) atoms. The number of carbonyl (C=O) groups excluding carboxylic acids is 1. The molecule has 3 aromatic rings. The summed E-state index contributed by atoms with van der Waals surface area (Å²) in [7, 11) is 0. The monoisotopic (exact) mass is 339 g/mol. The van der Waals surface area contributed by atoms with E-state index in [9.17, 15) is 4.79 Å². The van der Waals surface area contributed by atoms with Crippen LogP contribution in [0, 0.1) is 0 Å². The normalized spacial score (nSPS) is 10.2. The third-order valence-electron chi connectivity index (χ3n) is 3.19. The highest BCUT2D eigenvalue weighted by molar-refractivity contribution is 6.30. The van der Waals surface area contributed by atoms with Crippen LogP contribution in [0.15, 0.2) is 67.0 Å². The zero-order valence-electron chi connectivity index (χ0n) is 12.6. The Hall–Kier alpha value is -2.92. The summed E-state index contributed by atoms with van der Waals surface area (Å²) in [6, 6.07) is 16.2. The first-order chi connectivity index (χ1) is 11.7. The maximum atomic E-state index is 12.1. The number of hydrogen-bond acceptors (Lipinski definition) is 4. The summed E-state index contributed by atoms with van der Waals surface area (Å²) in [5.41, 5.74) is 1.18. The highest BCUT2D eigenvalue weighted by Gasteiger charge is 2.08. The number of halogens is 1. The molecule has 0 aliphatic rings. The predicted octanol–water partition coefficient (Wildman–Crippen LogP) is 3.96. The summed E-state index contributed by atoms with van der Waals surface area (Å²) in [4.78, 5) is 20.4. The van der Waals surface area contributed by atoms with Gasteiger partial charge in [-0.25, -0.2) is 4.98 Å². The van der Waals surface area contributed by atoms with Gasteiger partial charge >= 0.3 is 0 Å². The topological polar surface area (TPSA) is 64.1 Å². The van der Waals surface area contributed by atoms with Crippen LogP contribution in [0.3, 0.4) is 0 Å². The minimum atomic E-state index is -0.284. The van der Waals surface area contributed by atoms with Gasteiger partial charge in [-0.2, -0.15) is 0 Å². The van der Waals surface area contributed by atoms with Gasteiger partial charge in [-0.15, -0.1) is 0 Å². The van der Waals surface area contributed by atoms with E-state index in [2.05, 4.69) is 15.3 Å². The van der Waals surface area contributed by atoms with Gasteiger partial charge < -0.3 is 10.1 Å². The number of pyridine rings is 2. The van der Waals surface area contributed by atoms with Crippen LogP contribution in [0.1, 0.15) is 16.1 Å². The van der Waals surface area contributed by atoms with Gasteiger partial charge in [0.25, 0.3) is 5.91 Å². The van der Waals surface area contributed by atoms with Crippen LogP contribution in [0.25, 0.3) is 0 Å². The molecule has 0 unspecified atom stereocenters. The van der Waals surface area contributed by atoms with E-state index in [0.29, 0.717) is 23.0 Å². The molecule has 1 amide bonds. The van der Waals surface area contributed by atoms with E-state index in [1.54, 1.807) is 24.3 Å². The number of rotatable bonds is 5. The van der Waals surface area contributed by atoms with Crippen molar-refractivity contribution in [3.63, 3.8) is 0 Å². The number of para-hydroxylation sites is 1. The third kappa shape index (κ3) is 4.30. The maximum Gasteiger partial charge on any atom is 0.258 e. The van der Waals surface area contributed by atoms with Crippen molar-refractivity contribution in [2.75, 3.05) is 5.32 Å². The van der Waals surface area contributed by atoms with Crippen LogP contribution >= 0.6 is 11.6 Å². The van der Waals surface area contributed by atoms with Gasteiger partial charge in [0.05, 0.1) is 16.3 Å². The van der Waals surface area contributed by atoms with E-state index in [4.69, 9.17) is 16.3 Å². The van der Waals surface area contributed by atoms with Gasteiger partial charge in [-0.3, -0.25) is 9.78 Å². The molecule has 2 heterocycles. The molecule has 5 nitrogen and oxygen atoms in total. The number of aromatic nitrogens is 2. The highest BCUT2D eigenvalue weighted by Crippen LogP contribution is 2.13. The Morgan fingerprint density at radius 3 is 2.50 bits per heavy atom. The van der Waals surface area contributed by atoms with Crippen molar-refractivity contribution < 1.29 is 9.53 Å². The predicted molar refractivity (Wildman–Crippen MR) is 92.2 cm³/mol. The first kappa shape index (κ1) is 16.0. The fourth-order valence-corrected chi connectivity index (χ4v) is 2.07. The number of amides is 1. The Bertz CT molecular complexity index is 806. The second kappa shape index (κ2) is 7.57. The van der Waals surface area contributed by atoms with Crippen LogP contribution < -0.4 is 10.1 Å². The molecule has 1 aromatic carbocycles. The third-order valence-corrected chi connectivity index (χ3v) is 3.41. The molecule has 0 atom stereocenters. The molecular weight excluding hydrogens is 326 g/mol. The maximum absolute atomic E-state index is 12.1. The first-order valence-corrected chi connectivity index (χ1v) is 7.64. The van der Waals surface area contributed by atoms with Gasteiger partial charge in [0.15, 0.2) is 0 Å². The SMILES string of the molecule is O=C(Nc1ccc(Cl)cn1)c1ccc(COc2ccccc2)nc1. The number of ether oxygens (including phenoxy) is 1. The van der Waals surface area contributed by atoms with Gasteiger partial charge in [0.1, 0.15) is 18.2 Å². The molecule has 2 aromatic heterocycles. The minimum Gasteiger partial charge on any atom is -0.487 e. The van der Waals surface area contributed by atoms with E-state index in [1.807, 2.05) is 30.3 Å². The Morgan fingerprint density at radius 1 is 1.00 bits per heavy atom. The van der Waals surface area contributed by atoms with Crippen molar-refractivity contribution >= 4 is 23.3 Å². The zero-order valence-corrected chi connectivity index (χ0v) is 13.4. The molecule has 0 radical (unpaired) electrons. The smallest absolute Gasteiger partial charge is 0.258 e. The van der Waals surface area contributed by atoms with Crippen molar-refractivity contribution in [3.8, 4) is 5.75 Å². The molecule has 0 bridgehead atoms. The molecule has 0 fully saturated rings. The van der Waals surface area contributed by atoms with E-state index in [0.717, 1.165) is 11.4 Å². The molecule has 6 heteroatoms. The van der Waals surface area contributed by atoms with E-state index in [-0.39, 0.29) is 5.91 Å². The van der Waals surface area contributed by atoms with E-state index < -0.39 is 0 Å². The quantitative estimate of drug-likeness (QED) is 0.764. The number of hydrogen-bond donors (Lipinski definition) is 1. The summed E-state index contributed by atoms with van der Waals surface area (Å²) in [5, 5.41) is 3.19. The highest BCUT2D eigenvalue weighted by atomic mass is 35.5. The van der Waals surface area contributed by atoms with Gasteiger partial charge in [-0.1, -0.05) is 29.8 Å². The lowest BCUT2D eigenvalue weighted by atomic mass is 10.2. The van der Waals surface area contributed by atoms with Crippen molar-refractivity contribution in [1.29, 1.82) is 0 Å². The van der Waals surface area contributed by atoms with E-state index in [1.165, 1.54) is 12.4 Å². The number of nitrogens with one attached hydrogen (secondary N) is 1. The summed E-state index contributed by atoms with van der Waals surface area (Å²) < 4.78 is 5.61. The lowest BCUT2D eigenvalue weighted by Gasteiger charge is -2.07. The fraction of sp³-hybridized carbons (Fsp3) is 0.0556. The summed E-state index contributed by atoms with van der Waals surface area (Å²) in [5.74, 6) is 0.920. The summed E-state index contributed by atoms with van der Waals surface area (Å²) in [6.45, 7) is 0.338. The molecule has 0 saturated heterocycles. The summed E-state index contributed by atoms with van der Waals surface area (Å²) >= 11 is 5.76. The van der Waals surface area contributed by atoms with Crippen molar-refractivity contribution in [2.24, 2.45) is 0 Å². The zero-order chi connectivity index (χ0) is 16.8. The fourth-order valence-electron chi connectivity index (χ4n) is 1.96. The van der Waals surface area contributed by atoms with Crippen LogP contribution in [-0.4, -0.2) is 15.9 Å². The molecule has 0 spiro atoms. The van der Waals surface area contributed by atoms with Crippen LogP contribution in [0.4, 0.5) is 5.82 Å². The number of benzene rings is 1. The lowest BCUT2D eigenvalue weighted by molar-refractivity contribution is 0.102. The van der Waals surface area contributed by atoms with Crippen molar-refractivity contribution in [3.05, 3.63) is 83.3 Å². The Labute approximate surface area is 144 Å². The Balaban J connectivity index is 1.59. The number of nitrogens with zero attached hydrogens (tertiary/aromatic N) is 2. The molecule has 120 valence electrons. The average molecular weight is 340 g/mol. The van der Waals surface area contributed by atoms with Crippen LogP contribution in [0.2, 0.25) is 5.02 Å². The van der Waals surface area contributed by atoms with Gasteiger partial charge in [0.2, 0.25) is 0 Å². The minimum absolute atomic E-state index is 0.284. The number of anilines is 1. The van der Waals surface area contributed by atoms with Crippen molar-refractivity contribution in [1.82, 2.24) is 9.97 Å². The lowest BCUT2D eigenvalue weighted by Crippen LogP contribution is -2.13. The van der Waals surface area contributed by atoms with Gasteiger partial charge in [-0.05, 0) is 36.4 Å². The molecule has 1 N–H and O–H groups in total. The van der Waals surface area contributed by atoms with Crippen LogP contribution in [-0.2, 0) is 6.61 Å². The van der Waals surface area contributed by atoms with Crippen LogP contribution in [0.5, 0.6) is 5.75 Å². The average Bonchev–Trinajstić information content (AvgIpc) is 2.63. The van der Waals surface area contributed by atoms with Crippen molar-refractivity contribution in [2.45, 2.75) is 6.61 Å². The summed E-state index contributed by atoms with van der Waals surface area (Å²) in [6.07, 6.45) is 2.98. The second-order valence-electron chi connectivity index (χ2n) is 4.96. The molecule has 3 rings (SSSR count). The Kier molecular flexibility index (Phi) is 5.03. The second-order valence-corrected chi connectivity index (χ2v) is 5.39. The molecular formula is C18H14ClN3O2. The number of carbonyl (C=O) groups is 1. The van der Waals surface area contributed by atoms with E-state index >= 15 is 0 Å². The van der Waals surface area contributed by atoms with Gasteiger partial charge in [0, 0.05) is 12.4 Å². The molecule has 0 saturated carbocycles. The first-order valence-electron chi connectivity index (χ1n) is 7.26. The molecule has 0 aliphatic carbocycles. The standard InChI is InChI=1S/C18H14ClN3O2/c19-14-7-9-17(21-11-14)22-18(23)13-6-8-15(20-10-13)12-24-16-4-2-1-3-5-16/h1-11H,12H2,(H,21,22,23). The Morgan fingerprint density at radius 2 is 1.83 bits per heavy atom.